The number of hydrogen-bond donors (Lipinski definition) is 1. The number of nitrogens with one attached hydrogen (secondary N) is 1. The van der Waals surface area contributed by atoms with Crippen molar-refractivity contribution < 1.29 is 19.2 Å². The summed E-state index contributed by atoms with van der Waals surface area (Å²) in [5, 5.41) is 13.5. The molecule has 0 aromatic heterocycles. The van der Waals surface area contributed by atoms with Crippen molar-refractivity contribution in [2.45, 2.75) is 13.3 Å². The molecule has 0 aliphatic rings. The molecule has 25 heavy (non-hydrogen) atoms. The summed E-state index contributed by atoms with van der Waals surface area (Å²) in [4.78, 5) is 33.9. The van der Waals surface area contributed by atoms with E-state index < -0.39 is 23.4 Å². The largest absolute Gasteiger partial charge is 0.455 e. The van der Waals surface area contributed by atoms with Crippen molar-refractivity contribution in [3.63, 3.8) is 0 Å². The van der Waals surface area contributed by atoms with Crippen molar-refractivity contribution in [3.8, 4) is 0 Å². The normalized spacial score (nSPS) is 10.2. The van der Waals surface area contributed by atoms with Crippen LogP contribution in [0.25, 0.3) is 0 Å². The lowest BCUT2D eigenvalue weighted by molar-refractivity contribution is -0.383. The first-order valence-electron chi connectivity index (χ1n) is 7.30. The van der Waals surface area contributed by atoms with Crippen molar-refractivity contribution in [1.82, 2.24) is 0 Å². The van der Waals surface area contributed by atoms with E-state index in [0.717, 1.165) is 11.1 Å². The van der Waals surface area contributed by atoms with Crippen LogP contribution < -0.4 is 5.32 Å². The van der Waals surface area contributed by atoms with Gasteiger partial charge >= 0.3 is 5.97 Å². The minimum atomic E-state index is -0.692. The van der Waals surface area contributed by atoms with Gasteiger partial charge in [-0.1, -0.05) is 41.4 Å². The van der Waals surface area contributed by atoms with E-state index in [1.54, 1.807) is 12.1 Å². The molecule has 0 fully saturated rings. The zero-order valence-electron chi connectivity index (χ0n) is 13.3. The summed E-state index contributed by atoms with van der Waals surface area (Å²) in [6, 6.07) is 11.1. The molecule has 0 radical (unpaired) electrons. The first-order chi connectivity index (χ1) is 11.8. The highest BCUT2D eigenvalue weighted by Crippen LogP contribution is 2.27. The molecule has 130 valence electrons. The zero-order valence-corrected chi connectivity index (χ0v) is 14.1. The number of benzene rings is 2. The summed E-state index contributed by atoms with van der Waals surface area (Å²) in [5.74, 6) is -1.26. The minimum absolute atomic E-state index is 0.0326. The number of hydrogen-bond acceptors (Lipinski definition) is 5. The van der Waals surface area contributed by atoms with Gasteiger partial charge in [0.25, 0.3) is 11.6 Å². The fourth-order valence-corrected chi connectivity index (χ4v) is 2.20. The third kappa shape index (κ3) is 5.58. The number of halogens is 1. The second-order valence-corrected chi connectivity index (χ2v) is 5.73. The van der Waals surface area contributed by atoms with Crippen LogP contribution in [0.4, 0.5) is 11.4 Å². The number of esters is 1. The Morgan fingerprint density at radius 3 is 2.52 bits per heavy atom. The minimum Gasteiger partial charge on any atom is -0.455 e. The van der Waals surface area contributed by atoms with Crippen LogP contribution in [-0.4, -0.2) is 23.4 Å². The maximum atomic E-state index is 11.8. The average molecular weight is 363 g/mol. The summed E-state index contributed by atoms with van der Waals surface area (Å²) in [6.07, 6.45) is 0.0326. The first kappa shape index (κ1) is 18.4. The molecule has 0 spiro atoms. The van der Waals surface area contributed by atoms with Crippen LogP contribution in [0.5, 0.6) is 0 Å². The van der Waals surface area contributed by atoms with Crippen LogP contribution in [0.3, 0.4) is 0 Å². The van der Waals surface area contributed by atoms with Gasteiger partial charge in [-0.15, -0.1) is 0 Å². The van der Waals surface area contributed by atoms with E-state index in [0.29, 0.717) is 0 Å². The number of nitro benzene ring substituents is 1. The quantitative estimate of drug-likeness (QED) is 0.483. The zero-order chi connectivity index (χ0) is 18.4. The number of nitrogens with zero attached hydrogens (tertiary/aromatic N) is 1. The highest BCUT2D eigenvalue weighted by molar-refractivity contribution is 6.31. The van der Waals surface area contributed by atoms with Crippen molar-refractivity contribution in [2.24, 2.45) is 0 Å². The number of ether oxygens (including phenoxy) is 1. The molecule has 0 aliphatic heterocycles. The van der Waals surface area contributed by atoms with E-state index >= 15 is 0 Å². The molecule has 0 atom stereocenters. The monoisotopic (exact) mass is 362 g/mol. The fraction of sp³-hybridized carbons (Fsp3) is 0.176. The molecule has 0 aliphatic carbocycles. The molecule has 0 heterocycles. The lowest BCUT2D eigenvalue weighted by atomic mass is 10.1. The molecule has 1 amide bonds. The van der Waals surface area contributed by atoms with Crippen LogP contribution in [0, 0.1) is 17.0 Å². The first-order valence-corrected chi connectivity index (χ1v) is 7.68. The van der Waals surface area contributed by atoms with Crippen molar-refractivity contribution >= 4 is 34.9 Å². The number of carbonyl (C=O) groups is 2. The van der Waals surface area contributed by atoms with Gasteiger partial charge in [-0.2, -0.15) is 0 Å². The highest BCUT2D eigenvalue weighted by Gasteiger charge is 2.17. The maximum absolute atomic E-state index is 11.8. The molecule has 2 aromatic rings. The van der Waals surface area contributed by atoms with Gasteiger partial charge in [-0.25, -0.2) is 0 Å². The van der Waals surface area contributed by atoms with Gasteiger partial charge < -0.3 is 10.1 Å². The lowest BCUT2D eigenvalue weighted by Gasteiger charge is -2.08. The molecular formula is C17H15ClN2O5. The molecule has 8 heteroatoms. The molecule has 1 N–H and O–H groups in total. The van der Waals surface area contributed by atoms with E-state index in [4.69, 9.17) is 16.3 Å². The second kappa shape index (κ2) is 8.25. The average Bonchev–Trinajstić information content (AvgIpc) is 2.55. The fourth-order valence-electron chi connectivity index (χ4n) is 2.02. The molecule has 0 saturated carbocycles. The van der Waals surface area contributed by atoms with E-state index in [9.17, 15) is 19.7 Å². The lowest BCUT2D eigenvalue weighted by Crippen LogP contribution is -2.22. The Bertz CT molecular complexity index is 805. The summed E-state index contributed by atoms with van der Waals surface area (Å²) in [6.45, 7) is 1.38. The summed E-state index contributed by atoms with van der Waals surface area (Å²) in [7, 11) is 0. The molecule has 7 nitrogen and oxygen atoms in total. The third-order valence-electron chi connectivity index (χ3n) is 3.26. The van der Waals surface area contributed by atoms with E-state index in [1.807, 2.05) is 19.1 Å². The third-order valence-corrected chi connectivity index (χ3v) is 3.50. The Kier molecular flexibility index (Phi) is 6.08. The van der Waals surface area contributed by atoms with Crippen LogP contribution in [0.1, 0.15) is 11.1 Å². The molecule has 2 aromatic carbocycles. The van der Waals surface area contributed by atoms with Gasteiger partial charge in [-0.3, -0.25) is 19.7 Å². The SMILES string of the molecule is Cc1ccc(CC(=O)OCC(=O)Nc2cc(Cl)ccc2[N+](=O)[O-])cc1. The Labute approximate surface area is 148 Å². The van der Waals surface area contributed by atoms with Gasteiger partial charge in [0.1, 0.15) is 5.69 Å². The Hall–Kier alpha value is -2.93. The van der Waals surface area contributed by atoms with Crippen LogP contribution in [0.15, 0.2) is 42.5 Å². The van der Waals surface area contributed by atoms with Crippen LogP contribution in [-0.2, 0) is 20.7 Å². The summed E-state index contributed by atoms with van der Waals surface area (Å²) < 4.78 is 4.89. The Balaban J connectivity index is 1.90. The Morgan fingerprint density at radius 1 is 1.20 bits per heavy atom. The van der Waals surface area contributed by atoms with Gasteiger partial charge in [0.15, 0.2) is 6.61 Å². The number of carbonyl (C=O) groups excluding carboxylic acids is 2. The number of nitro groups is 1. The van der Waals surface area contributed by atoms with Gasteiger partial charge in [0.2, 0.25) is 0 Å². The summed E-state index contributed by atoms with van der Waals surface area (Å²) >= 11 is 5.77. The van der Waals surface area contributed by atoms with E-state index in [2.05, 4.69) is 5.32 Å². The number of rotatable bonds is 6. The van der Waals surface area contributed by atoms with E-state index in [1.165, 1.54) is 18.2 Å². The highest BCUT2D eigenvalue weighted by atomic mass is 35.5. The smallest absolute Gasteiger partial charge is 0.310 e. The summed E-state index contributed by atoms with van der Waals surface area (Å²) in [5.41, 5.74) is 1.47. The number of anilines is 1. The van der Waals surface area contributed by atoms with Crippen LogP contribution in [0.2, 0.25) is 5.02 Å². The maximum Gasteiger partial charge on any atom is 0.310 e. The van der Waals surface area contributed by atoms with Crippen molar-refractivity contribution in [1.29, 1.82) is 0 Å². The Morgan fingerprint density at radius 2 is 1.88 bits per heavy atom. The van der Waals surface area contributed by atoms with Crippen LogP contribution >= 0.6 is 11.6 Å². The standard InChI is InChI=1S/C17H15ClN2O5/c1-11-2-4-12(5-3-11)8-17(22)25-10-16(21)19-14-9-13(18)6-7-15(14)20(23)24/h2-7,9H,8,10H2,1H3,(H,19,21). The van der Waals surface area contributed by atoms with Gasteiger partial charge in [0, 0.05) is 11.1 Å². The molecule has 2 rings (SSSR count). The second-order valence-electron chi connectivity index (χ2n) is 5.29. The predicted molar refractivity (Wildman–Crippen MR) is 92.6 cm³/mol. The van der Waals surface area contributed by atoms with Crippen molar-refractivity contribution in [3.05, 3.63) is 68.7 Å². The predicted octanol–water partition coefficient (Wildman–Crippen LogP) is 3.28. The molecule has 0 bridgehead atoms. The molecule has 0 unspecified atom stereocenters. The van der Waals surface area contributed by atoms with Crippen molar-refractivity contribution in [2.75, 3.05) is 11.9 Å². The molecular weight excluding hydrogens is 348 g/mol. The number of aryl methyl sites for hydroxylation is 1. The number of amides is 1. The molecule has 0 saturated heterocycles. The van der Waals surface area contributed by atoms with Gasteiger partial charge in [0.05, 0.1) is 11.3 Å². The topological polar surface area (TPSA) is 98.5 Å². The van der Waals surface area contributed by atoms with E-state index in [-0.39, 0.29) is 22.8 Å². The van der Waals surface area contributed by atoms with Gasteiger partial charge in [-0.05, 0) is 24.6 Å².